The summed E-state index contributed by atoms with van der Waals surface area (Å²) in [6, 6.07) is 14.9. The van der Waals surface area contributed by atoms with Gasteiger partial charge >= 0.3 is 0 Å². The number of nitrogen functional groups attached to an aromatic ring is 1. The van der Waals surface area contributed by atoms with E-state index in [1.807, 2.05) is 56.3 Å². The molecule has 4 rings (SSSR count). The van der Waals surface area contributed by atoms with Gasteiger partial charge in [0.25, 0.3) is 5.91 Å². The van der Waals surface area contributed by atoms with Crippen molar-refractivity contribution in [2.45, 2.75) is 20.4 Å². The lowest BCUT2D eigenvalue weighted by molar-refractivity contribution is 0.102. The van der Waals surface area contributed by atoms with Gasteiger partial charge in [0.2, 0.25) is 5.89 Å². The Hall–Kier alpha value is -4.14. The number of nitrogens with two attached hydrogens (primary N) is 1. The van der Waals surface area contributed by atoms with Crippen LogP contribution >= 0.6 is 0 Å². The third-order valence-electron chi connectivity index (χ3n) is 4.79. The maximum atomic E-state index is 12.6. The van der Waals surface area contributed by atoms with Gasteiger partial charge in [-0.15, -0.1) is 5.10 Å². The summed E-state index contributed by atoms with van der Waals surface area (Å²) in [6.45, 7) is 3.98. The number of carbonyl (C=O) groups is 1. The highest BCUT2D eigenvalue weighted by Crippen LogP contribution is 2.25. The van der Waals surface area contributed by atoms with Crippen molar-refractivity contribution >= 4 is 17.4 Å². The van der Waals surface area contributed by atoms with Gasteiger partial charge in [0.15, 0.2) is 11.5 Å². The average Bonchev–Trinajstić information content (AvgIpc) is 3.31. The molecule has 0 bridgehead atoms. The van der Waals surface area contributed by atoms with Crippen LogP contribution in [-0.4, -0.2) is 33.0 Å². The smallest absolute Gasteiger partial charge is 0.280 e. The molecule has 2 aromatic carbocycles. The van der Waals surface area contributed by atoms with Gasteiger partial charge in [-0.25, -0.2) is 9.67 Å². The monoisotopic (exact) mass is 418 g/mol. The molecule has 158 valence electrons. The molecule has 0 spiro atoms. The molecule has 0 aliphatic rings. The normalized spacial score (nSPS) is 10.8. The number of hydrogen-bond acceptors (Lipinski definition) is 7. The average molecular weight is 418 g/mol. The fourth-order valence-corrected chi connectivity index (χ4v) is 3.09. The summed E-state index contributed by atoms with van der Waals surface area (Å²) in [6.07, 6.45) is 0. The molecule has 0 unspecified atom stereocenters. The van der Waals surface area contributed by atoms with Crippen LogP contribution in [0.1, 0.15) is 27.5 Å². The highest BCUT2D eigenvalue weighted by molar-refractivity contribution is 6.05. The Kier molecular flexibility index (Phi) is 5.40. The van der Waals surface area contributed by atoms with Crippen LogP contribution in [0.3, 0.4) is 0 Å². The zero-order valence-electron chi connectivity index (χ0n) is 17.4. The summed E-state index contributed by atoms with van der Waals surface area (Å²) in [7, 11) is 1.61. The van der Waals surface area contributed by atoms with E-state index in [1.165, 1.54) is 4.68 Å². The van der Waals surface area contributed by atoms with Gasteiger partial charge in [0.05, 0.1) is 13.7 Å². The minimum Gasteiger partial charge on any atom is -0.497 e. The SMILES string of the molecule is COc1ccc(-c2nc(Cn3nnc(C(=O)Nc4cccc(C)c4)c3N)c(C)o2)cc1. The summed E-state index contributed by atoms with van der Waals surface area (Å²) < 4.78 is 12.4. The maximum absolute atomic E-state index is 12.6. The Balaban J connectivity index is 1.52. The van der Waals surface area contributed by atoms with E-state index < -0.39 is 5.91 Å². The third kappa shape index (κ3) is 4.25. The summed E-state index contributed by atoms with van der Waals surface area (Å²) in [5.74, 6) is 1.58. The van der Waals surface area contributed by atoms with Crippen LogP contribution in [0.4, 0.5) is 11.5 Å². The molecule has 4 aromatic rings. The van der Waals surface area contributed by atoms with E-state index in [9.17, 15) is 4.79 Å². The van der Waals surface area contributed by atoms with Crippen molar-refractivity contribution < 1.29 is 13.9 Å². The number of nitrogens with one attached hydrogen (secondary N) is 1. The zero-order valence-corrected chi connectivity index (χ0v) is 17.4. The molecular weight excluding hydrogens is 396 g/mol. The summed E-state index contributed by atoms with van der Waals surface area (Å²) >= 11 is 0. The van der Waals surface area contributed by atoms with Gasteiger partial charge in [-0.3, -0.25) is 4.79 Å². The van der Waals surface area contributed by atoms with Crippen LogP contribution in [0, 0.1) is 13.8 Å². The molecule has 0 aliphatic heterocycles. The Morgan fingerprint density at radius 3 is 2.68 bits per heavy atom. The van der Waals surface area contributed by atoms with E-state index in [2.05, 4.69) is 20.6 Å². The standard InChI is InChI=1S/C22H22N6O3/c1-13-5-4-6-16(11-13)24-21(29)19-20(23)28(27-26-19)12-18-14(2)31-22(25-18)15-7-9-17(30-3)10-8-15/h4-11H,12,23H2,1-3H3,(H,24,29). The number of oxazole rings is 1. The van der Waals surface area contributed by atoms with Crippen molar-refractivity contribution in [3.05, 3.63) is 71.2 Å². The number of carbonyl (C=O) groups excluding carboxylic acids is 1. The van der Waals surface area contributed by atoms with Crippen LogP contribution in [0.5, 0.6) is 5.75 Å². The molecule has 9 heteroatoms. The quantitative estimate of drug-likeness (QED) is 0.492. The van der Waals surface area contributed by atoms with Crippen molar-refractivity contribution in [2.24, 2.45) is 0 Å². The number of ether oxygens (including phenoxy) is 1. The molecule has 1 amide bonds. The second-order valence-electron chi connectivity index (χ2n) is 7.05. The van der Waals surface area contributed by atoms with E-state index in [1.54, 1.807) is 13.2 Å². The van der Waals surface area contributed by atoms with Gasteiger partial charge in [0, 0.05) is 11.3 Å². The van der Waals surface area contributed by atoms with Gasteiger partial charge in [0.1, 0.15) is 17.2 Å². The first-order valence-electron chi connectivity index (χ1n) is 9.62. The van der Waals surface area contributed by atoms with Crippen molar-refractivity contribution in [2.75, 3.05) is 18.2 Å². The van der Waals surface area contributed by atoms with E-state index in [-0.39, 0.29) is 18.1 Å². The fourth-order valence-electron chi connectivity index (χ4n) is 3.09. The minimum absolute atomic E-state index is 0.0537. The highest BCUT2D eigenvalue weighted by Gasteiger charge is 2.20. The Morgan fingerprint density at radius 1 is 1.19 bits per heavy atom. The largest absolute Gasteiger partial charge is 0.497 e. The van der Waals surface area contributed by atoms with Crippen molar-refractivity contribution in [1.82, 2.24) is 20.0 Å². The summed E-state index contributed by atoms with van der Waals surface area (Å²) in [5.41, 5.74) is 9.35. The third-order valence-corrected chi connectivity index (χ3v) is 4.79. The second-order valence-corrected chi connectivity index (χ2v) is 7.05. The molecule has 0 saturated heterocycles. The summed E-state index contributed by atoms with van der Waals surface area (Å²) in [4.78, 5) is 17.1. The highest BCUT2D eigenvalue weighted by atomic mass is 16.5. The lowest BCUT2D eigenvalue weighted by atomic mass is 10.2. The predicted octanol–water partition coefficient (Wildman–Crippen LogP) is 3.44. The molecule has 2 aromatic heterocycles. The topological polar surface area (TPSA) is 121 Å². The second kappa shape index (κ2) is 8.31. The first-order valence-corrected chi connectivity index (χ1v) is 9.62. The summed E-state index contributed by atoms with van der Waals surface area (Å²) in [5, 5.41) is 10.8. The predicted molar refractivity (Wildman–Crippen MR) is 116 cm³/mol. The molecular formula is C22H22N6O3. The van der Waals surface area contributed by atoms with E-state index >= 15 is 0 Å². The zero-order chi connectivity index (χ0) is 22.0. The molecule has 0 aliphatic carbocycles. The molecule has 0 radical (unpaired) electrons. The lowest BCUT2D eigenvalue weighted by Gasteiger charge is -2.05. The number of hydrogen-bond donors (Lipinski definition) is 2. The first kappa shape index (κ1) is 20.1. The Bertz CT molecular complexity index is 1230. The molecule has 0 saturated carbocycles. The van der Waals surface area contributed by atoms with Crippen LogP contribution in [0.2, 0.25) is 0 Å². The van der Waals surface area contributed by atoms with Gasteiger partial charge in [-0.05, 0) is 55.8 Å². The number of amides is 1. The number of aryl methyl sites for hydroxylation is 2. The van der Waals surface area contributed by atoms with Crippen LogP contribution < -0.4 is 15.8 Å². The molecule has 31 heavy (non-hydrogen) atoms. The van der Waals surface area contributed by atoms with Crippen LogP contribution in [0.15, 0.2) is 52.9 Å². The number of rotatable bonds is 6. The molecule has 0 atom stereocenters. The first-order chi connectivity index (χ1) is 14.9. The minimum atomic E-state index is -0.426. The van der Waals surface area contributed by atoms with Crippen molar-refractivity contribution in [1.29, 1.82) is 0 Å². The number of aromatic nitrogens is 4. The number of benzene rings is 2. The lowest BCUT2D eigenvalue weighted by Crippen LogP contribution is -2.15. The molecule has 2 heterocycles. The number of methoxy groups -OCH3 is 1. The molecule has 0 fully saturated rings. The van der Waals surface area contributed by atoms with E-state index in [0.717, 1.165) is 16.9 Å². The Morgan fingerprint density at radius 2 is 1.97 bits per heavy atom. The van der Waals surface area contributed by atoms with E-state index in [0.29, 0.717) is 23.0 Å². The van der Waals surface area contributed by atoms with E-state index in [4.69, 9.17) is 14.9 Å². The van der Waals surface area contributed by atoms with Crippen LogP contribution in [0.25, 0.3) is 11.5 Å². The Labute approximate surface area is 178 Å². The molecule has 3 N–H and O–H groups in total. The van der Waals surface area contributed by atoms with Gasteiger partial charge < -0.3 is 20.2 Å². The number of nitrogens with zero attached hydrogens (tertiary/aromatic N) is 4. The fraction of sp³-hybridized carbons (Fsp3) is 0.182. The molecule has 9 nitrogen and oxygen atoms in total. The maximum Gasteiger partial charge on any atom is 0.280 e. The van der Waals surface area contributed by atoms with Crippen LogP contribution in [-0.2, 0) is 6.54 Å². The number of anilines is 2. The van der Waals surface area contributed by atoms with Gasteiger partial charge in [-0.1, -0.05) is 17.3 Å². The van der Waals surface area contributed by atoms with Crippen molar-refractivity contribution in [3.63, 3.8) is 0 Å². The van der Waals surface area contributed by atoms with Gasteiger partial charge in [-0.2, -0.15) is 0 Å². The van der Waals surface area contributed by atoms with Crippen molar-refractivity contribution in [3.8, 4) is 17.2 Å².